The summed E-state index contributed by atoms with van der Waals surface area (Å²) in [5.41, 5.74) is 4.60. The van der Waals surface area contributed by atoms with Crippen molar-refractivity contribution in [3.63, 3.8) is 0 Å². The number of anilines is 1. The van der Waals surface area contributed by atoms with Crippen molar-refractivity contribution in [1.82, 2.24) is 0 Å². The van der Waals surface area contributed by atoms with Crippen molar-refractivity contribution >= 4 is 11.7 Å². The number of benzene rings is 2. The van der Waals surface area contributed by atoms with Crippen LogP contribution in [-0.2, 0) is 16.0 Å². The van der Waals surface area contributed by atoms with Gasteiger partial charge in [0.2, 0.25) is 0 Å². The van der Waals surface area contributed by atoms with Crippen LogP contribution in [0.1, 0.15) is 18.9 Å². The molecule has 21 heavy (non-hydrogen) atoms. The van der Waals surface area contributed by atoms with Crippen LogP contribution >= 0.6 is 0 Å². The highest BCUT2D eigenvalue weighted by molar-refractivity contribution is 5.70. The van der Waals surface area contributed by atoms with Gasteiger partial charge in [0.15, 0.2) is 0 Å². The van der Waals surface area contributed by atoms with Crippen LogP contribution < -0.4 is 5.32 Å². The quantitative estimate of drug-likeness (QED) is 0.817. The van der Waals surface area contributed by atoms with E-state index in [1.165, 1.54) is 11.1 Å². The molecule has 0 saturated heterocycles. The summed E-state index contributed by atoms with van der Waals surface area (Å²) in [6, 6.07) is 16.6. The molecule has 0 spiro atoms. The molecule has 2 rings (SSSR count). The lowest BCUT2D eigenvalue weighted by Gasteiger charge is -2.07. The average molecular weight is 283 g/mol. The summed E-state index contributed by atoms with van der Waals surface area (Å²) >= 11 is 0. The summed E-state index contributed by atoms with van der Waals surface area (Å²) < 4.78 is 4.94. The second kappa shape index (κ2) is 7.48. The van der Waals surface area contributed by atoms with E-state index in [1.54, 1.807) is 0 Å². The molecule has 0 aliphatic rings. The number of hydrogen-bond donors (Lipinski definition) is 1. The largest absolute Gasteiger partial charge is 0.466 e. The van der Waals surface area contributed by atoms with Gasteiger partial charge in [-0.1, -0.05) is 36.4 Å². The van der Waals surface area contributed by atoms with E-state index in [9.17, 15) is 4.79 Å². The molecule has 0 amide bonds. The Bertz CT molecular complexity index is 590. The van der Waals surface area contributed by atoms with Crippen LogP contribution in [0.15, 0.2) is 48.5 Å². The Kier molecular flexibility index (Phi) is 5.38. The minimum atomic E-state index is -0.136. The lowest BCUT2D eigenvalue weighted by Crippen LogP contribution is -2.05. The van der Waals surface area contributed by atoms with Crippen LogP contribution in [0.5, 0.6) is 0 Å². The lowest BCUT2D eigenvalue weighted by atomic mass is 10.0. The zero-order valence-corrected chi connectivity index (χ0v) is 12.6. The zero-order valence-electron chi connectivity index (χ0n) is 12.6. The molecule has 3 heteroatoms. The fourth-order valence-electron chi connectivity index (χ4n) is 2.20. The van der Waals surface area contributed by atoms with E-state index in [0.29, 0.717) is 13.0 Å². The van der Waals surface area contributed by atoms with Gasteiger partial charge in [-0.15, -0.1) is 0 Å². The molecule has 0 atom stereocenters. The fraction of sp³-hybridized carbons (Fsp3) is 0.278. The van der Waals surface area contributed by atoms with Crippen LogP contribution in [0.25, 0.3) is 11.1 Å². The summed E-state index contributed by atoms with van der Waals surface area (Å²) in [5, 5.41) is 3.14. The van der Waals surface area contributed by atoms with E-state index in [-0.39, 0.29) is 5.97 Å². The molecule has 3 nitrogen and oxygen atoms in total. The van der Waals surface area contributed by atoms with E-state index < -0.39 is 0 Å². The highest BCUT2D eigenvalue weighted by Crippen LogP contribution is 2.23. The van der Waals surface area contributed by atoms with Gasteiger partial charge in [-0.05, 0) is 42.2 Å². The number of rotatable bonds is 6. The highest BCUT2D eigenvalue weighted by Gasteiger charge is 2.03. The molecule has 1 N–H and O–H groups in total. The van der Waals surface area contributed by atoms with E-state index in [0.717, 1.165) is 17.7 Å². The van der Waals surface area contributed by atoms with Crippen molar-refractivity contribution in [2.45, 2.75) is 19.8 Å². The molecular weight excluding hydrogens is 262 g/mol. The first-order valence-corrected chi connectivity index (χ1v) is 7.25. The van der Waals surface area contributed by atoms with Gasteiger partial charge in [-0.3, -0.25) is 4.79 Å². The maximum atomic E-state index is 11.3. The normalized spacial score (nSPS) is 10.2. The second-order valence-electron chi connectivity index (χ2n) is 4.83. The Balaban J connectivity index is 2.03. The summed E-state index contributed by atoms with van der Waals surface area (Å²) in [6.45, 7) is 2.27. The molecule has 0 heterocycles. The predicted octanol–water partition coefficient (Wildman–Crippen LogP) is 3.89. The van der Waals surface area contributed by atoms with Gasteiger partial charge in [0.1, 0.15) is 0 Å². The van der Waals surface area contributed by atoms with E-state index in [4.69, 9.17) is 4.74 Å². The SMILES string of the molecule is CCOC(=O)CCc1ccc(-c2cccc(NC)c2)cc1. The van der Waals surface area contributed by atoms with Crippen molar-refractivity contribution < 1.29 is 9.53 Å². The van der Waals surface area contributed by atoms with Gasteiger partial charge < -0.3 is 10.1 Å². The minimum Gasteiger partial charge on any atom is -0.466 e. The van der Waals surface area contributed by atoms with Gasteiger partial charge in [0, 0.05) is 19.2 Å². The fourth-order valence-corrected chi connectivity index (χ4v) is 2.20. The second-order valence-corrected chi connectivity index (χ2v) is 4.83. The van der Waals surface area contributed by atoms with Gasteiger partial charge in [0.05, 0.1) is 6.61 Å². The maximum absolute atomic E-state index is 11.3. The number of ether oxygens (including phenoxy) is 1. The van der Waals surface area contributed by atoms with Gasteiger partial charge in [-0.2, -0.15) is 0 Å². The highest BCUT2D eigenvalue weighted by atomic mass is 16.5. The number of carbonyl (C=O) groups excluding carboxylic acids is 1. The van der Waals surface area contributed by atoms with Crippen LogP contribution in [-0.4, -0.2) is 19.6 Å². The monoisotopic (exact) mass is 283 g/mol. The first kappa shape index (κ1) is 15.1. The summed E-state index contributed by atoms with van der Waals surface area (Å²) in [6.07, 6.45) is 1.15. The topological polar surface area (TPSA) is 38.3 Å². The van der Waals surface area contributed by atoms with Crippen molar-refractivity contribution in [3.05, 3.63) is 54.1 Å². The number of nitrogens with one attached hydrogen (secondary N) is 1. The van der Waals surface area contributed by atoms with Crippen molar-refractivity contribution in [3.8, 4) is 11.1 Å². The van der Waals surface area contributed by atoms with Gasteiger partial charge in [0.25, 0.3) is 0 Å². The molecule has 110 valence electrons. The minimum absolute atomic E-state index is 0.136. The molecule has 0 bridgehead atoms. The van der Waals surface area contributed by atoms with E-state index in [2.05, 4.69) is 41.7 Å². The smallest absolute Gasteiger partial charge is 0.306 e. The maximum Gasteiger partial charge on any atom is 0.306 e. The van der Waals surface area contributed by atoms with Crippen molar-refractivity contribution in [1.29, 1.82) is 0 Å². The van der Waals surface area contributed by atoms with E-state index >= 15 is 0 Å². The molecule has 0 saturated carbocycles. The summed E-state index contributed by atoms with van der Waals surface area (Å²) in [5.74, 6) is -0.136. The van der Waals surface area contributed by atoms with Crippen molar-refractivity contribution in [2.24, 2.45) is 0 Å². The number of carbonyl (C=O) groups is 1. The molecule has 0 fully saturated rings. The zero-order chi connectivity index (χ0) is 15.1. The molecule has 0 aromatic heterocycles. The van der Waals surface area contributed by atoms with Crippen LogP contribution in [0.2, 0.25) is 0 Å². The first-order valence-electron chi connectivity index (χ1n) is 7.25. The molecule has 2 aromatic carbocycles. The van der Waals surface area contributed by atoms with Crippen LogP contribution in [0, 0.1) is 0 Å². The Hall–Kier alpha value is -2.29. The Morgan fingerprint density at radius 1 is 1.10 bits per heavy atom. The molecule has 0 unspecified atom stereocenters. The Labute approximate surface area is 126 Å². The number of aryl methyl sites for hydroxylation is 1. The summed E-state index contributed by atoms with van der Waals surface area (Å²) in [4.78, 5) is 11.3. The Morgan fingerprint density at radius 3 is 2.52 bits per heavy atom. The van der Waals surface area contributed by atoms with E-state index in [1.807, 2.05) is 26.1 Å². The van der Waals surface area contributed by atoms with Crippen LogP contribution in [0.3, 0.4) is 0 Å². The molecule has 0 aliphatic heterocycles. The lowest BCUT2D eigenvalue weighted by molar-refractivity contribution is -0.143. The third kappa shape index (κ3) is 4.35. The van der Waals surface area contributed by atoms with Crippen molar-refractivity contribution in [2.75, 3.05) is 19.0 Å². The third-order valence-corrected chi connectivity index (χ3v) is 3.36. The summed E-state index contributed by atoms with van der Waals surface area (Å²) in [7, 11) is 1.91. The predicted molar refractivity (Wildman–Crippen MR) is 86.4 cm³/mol. The molecule has 0 radical (unpaired) electrons. The number of esters is 1. The van der Waals surface area contributed by atoms with Crippen LogP contribution in [0.4, 0.5) is 5.69 Å². The Morgan fingerprint density at radius 2 is 1.86 bits per heavy atom. The van der Waals surface area contributed by atoms with Gasteiger partial charge >= 0.3 is 5.97 Å². The standard InChI is InChI=1S/C18H21NO2/c1-3-21-18(20)12-9-14-7-10-15(11-8-14)16-5-4-6-17(13-16)19-2/h4-8,10-11,13,19H,3,9,12H2,1-2H3. The third-order valence-electron chi connectivity index (χ3n) is 3.36. The molecule has 0 aliphatic carbocycles. The van der Waals surface area contributed by atoms with Gasteiger partial charge in [-0.25, -0.2) is 0 Å². The average Bonchev–Trinajstić information content (AvgIpc) is 2.54. The molecule has 2 aromatic rings. The molecular formula is C18H21NO2. The number of hydrogen-bond acceptors (Lipinski definition) is 3. The first-order chi connectivity index (χ1) is 10.2.